The Morgan fingerprint density at radius 1 is 0.362 bits per heavy atom. The number of hydrogen-bond donors (Lipinski definition) is 0. The lowest BCUT2D eigenvalue weighted by atomic mass is 9.99. The van der Waals surface area contributed by atoms with Crippen molar-refractivity contribution in [3.63, 3.8) is 0 Å². The second-order valence-corrected chi connectivity index (χ2v) is 18.5. The molecule has 0 fully saturated rings. The zero-order valence-electron chi connectivity index (χ0n) is 39.7. The predicted octanol–water partition coefficient (Wildman–Crippen LogP) is 16.5. The molecule has 0 aliphatic heterocycles. The summed E-state index contributed by atoms with van der Waals surface area (Å²) in [7, 11) is 0. The zero-order valence-corrected chi connectivity index (χ0v) is 39.7. The number of carbonyl (C=O) groups is 3. The summed E-state index contributed by atoms with van der Waals surface area (Å²) in [6, 6.07) is 0. The Hall–Kier alpha value is -1.59. The summed E-state index contributed by atoms with van der Waals surface area (Å²) in [6.07, 6.45) is 45.1. The fourth-order valence-electron chi connectivity index (χ4n) is 7.78. The molecule has 6 nitrogen and oxygen atoms in total. The molecule has 0 aromatic rings. The smallest absolute Gasteiger partial charge is 0.306 e. The highest BCUT2D eigenvalue weighted by atomic mass is 16.6. The molecule has 0 aliphatic carbocycles. The van der Waals surface area contributed by atoms with Crippen molar-refractivity contribution >= 4 is 17.9 Å². The minimum absolute atomic E-state index is 0.0641. The molecule has 0 aromatic heterocycles. The van der Waals surface area contributed by atoms with Crippen molar-refractivity contribution in [2.24, 2.45) is 11.8 Å². The van der Waals surface area contributed by atoms with Crippen LogP contribution in [-0.4, -0.2) is 37.2 Å². The number of hydrogen-bond acceptors (Lipinski definition) is 6. The van der Waals surface area contributed by atoms with Gasteiger partial charge in [0, 0.05) is 19.3 Å². The van der Waals surface area contributed by atoms with Gasteiger partial charge in [-0.25, -0.2) is 0 Å². The van der Waals surface area contributed by atoms with Crippen LogP contribution in [0.1, 0.15) is 285 Å². The van der Waals surface area contributed by atoms with Crippen LogP contribution in [0.25, 0.3) is 0 Å². The maximum atomic E-state index is 12.8. The summed E-state index contributed by atoms with van der Waals surface area (Å²) in [6.45, 7) is 11.4. The number of esters is 3. The molecule has 0 N–H and O–H groups in total. The maximum absolute atomic E-state index is 12.8. The first-order valence-corrected chi connectivity index (χ1v) is 25.8. The first kappa shape index (κ1) is 56.4. The Kier molecular flexibility index (Phi) is 43.7. The SMILES string of the molecule is CCCCCCCCCCCCCCCCCC(=O)OC[C@@H](COC(=O)CCCCCCCCCCC(C)CC)OC(=O)CCCCCCCCCCCCC(C)C. The third-order valence-electron chi connectivity index (χ3n) is 12.1. The van der Waals surface area contributed by atoms with Gasteiger partial charge in [0.25, 0.3) is 0 Å². The van der Waals surface area contributed by atoms with Crippen molar-refractivity contribution in [3.05, 3.63) is 0 Å². The first-order chi connectivity index (χ1) is 28.3. The summed E-state index contributed by atoms with van der Waals surface area (Å²) < 4.78 is 16.8. The van der Waals surface area contributed by atoms with Crippen LogP contribution in [0.5, 0.6) is 0 Å². The van der Waals surface area contributed by atoms with Crippen molar-refractivity contribution < 1.29 is 28.6 Å². The van der Waals surface area contributed by atoms with Crippen LogP contribution >= 0.6 is 0 Å². The fourth-order valence-corrected chi connectivity index (χ4v) is 7.78. The van der Waals surface area contributed by atoms with Gasteiger partial charge >= 0.3 is 17.9 Å². The van der Waals surface area contributed by atoms with E-state index in [2.05, 4.69) is 34.6 Å². The van der Waals surface area contributed by atoms with E-state index < -0.39 is 6.10 Å². The molecule has 0 spiro atoms. The lowest BCUT2D eigenvalue weighted by Crippen LogP contribution is -2.30. The van der Waals surface area contributed by atoms with E-state index in [4.69, 9.17) is 14.2 Å². The van der Waals surface area contributed by atoms with Gasteiger partial charge in [-0.05, 0) is 31.1 Å². The minimum atomic E-state index is -0.762. The molecule has 0 aliphatic rings. The van der Waals surface area contributed by atoms with Crippen LogP contribution in [-0.2, 0) is 28.6 Å². The molecule has 0 heterocycles. The summed E-state index contributed by atoms with van der Waals surface area (Å²) in [5.41, 5.74) is 0. The third-order valence-corrected chi connectivity index (χ3v) is 12.1. The normalized spacial score (nSPS) is 12.5. The Morgan fingerprint density at radius 2 is 0.655 bits per heavy atom. The van der Waals surface area contributed by atoms with Gasteiger partial charge in [0.2, 0.25) is 0 Å². The minimum Gasteiger partial charge on any atom is -0.462 e. The molecule has 1 unspecified atom stereocenters. The third kappa shape index (κ3) is 44.0. The monoisotopic (exact) mass is 821 g/mol. The Labute approximate surface area is 361 Å². The summed E-state index contributed by atoms with van der Waals surface area (Å²) in [4.78, 5) is 37.9. The summed E-state index contributed by atoms with van der Waals surface area (Å²) >= 11 is 0. The molecular formula is C52H100O6. The molecule has 58 heavy (non-hydrogen) atoms. The van der Waals surface area contributed by atoms with Crippen molar-refractivity contribution in [1.29, 1.82) is 0 Å². The van der Waals surface area contributed by atoms with Crippen LogP contribution in [0.2, 0.25) is 0 Å². The lowest BCUT2D eigenvalue weighted by Gasteiger charge is -2.18. The topological polar surface area (TPSA) is 78.9 Å². The van der Waals surface area contributed by atoms with Crippen molar-refractivity contribution in [2.75, 3.05) is 13.2 Å². The van der Waals surface area contributed by atoms with E-state index in [0.717, 1.165) is 69.6 Å². The molecule has 0 aromatic carbocycles. The van der Waals surface area contributed by atoms with Crippen LogP contribution in [0.15, 0.2) is 0 Å². The molecule has 2 atom stereocenters. The van der Waals surface area contributed by atoms with Crippen LogP contribution in [0.3, 0.4) is 0 Å². The quantitative estimate of drug-likeness (QED) is 0.0346. The van der Waals surface area contributed by atoms with Crippen LogP contribution in [0, 0.1) is 11.8 Å². The number of rotatable bonds is 46. The predicted molar refractivity (Wildman–Crippen MR) is 247 cm³/mol. The van der Waals surface area contributed by atoms with E-state index in [0.29, 0.717) is 19.3 Å². The highest BCUT2D eigenvalue weighted by molar-refractivity contribution is 5.71. The molecule has 344 valence electrons. The Bertz CT molecular complexity index is 887. The molecule has 0 saturated carbocycles. The Morgan fingerprint density at radius 3 is 0.983 bits per heavy atom. The van der Waals surface area contributed by atoms with E-state index in [1.54, 1.807) is 0 Å². The largest absolute Gasteiger partial charge is 0.462 e. The summed E-state index contributed by atoms with van der Waals surface area (Å²) in [5.74, 6) is 0.814. The standard InChI is InChI=1S/C52H100O6/c1-6-8-9-10-11-12-13-14-15-16-17-21-27-32-37-42-50(53)56-45-49(46-57-51(54)43-38-33-28-24-23-26-31-36-41-48(5)7-2)58-52(55)44-39-34-29-22-19-18-20-25-30-35-40-47(3)4/h47-49H,6-46H2,1-5H3/t48?,49-/m0/s1. The first-order valence-electron chi connectivity index (χ1n) is 25.8. The van der Waals surface area contributed by atoms with E-state index in [1.807, 2.05) is 0 Å². The van der Waals surface area contributed by atoms with Crippen molar-refractivity contribution in [1.82, 2.24) is 0 Å². The zero-order chi connectivity index (χ0) is 42.6. The number of carbonyl (C=O) groups excluding carboxylic acids is 3. The average Bonchev–Trinajstić information content (AvgIpc) is 3.21. The second kappa shape index (κ2) is 44.9. The van der Waals surface area contributed by atoms with E-state index >= 15 is 0 Å². The van der Waals surface area contributed by atoms with Gasteiger partial charge in [0.1, 0.15) is 13.2 Å². The molecule has 0 rings (SSSR count). The van der Waals surface area contributed by atoms with Gasteiger partial charge in [0.05, 0.1) is 0 Å². The van der Waals surface area contributed by atoms with Gasteiger partial charge in [-0.3, -0.25) is 14.4 Å². The van der Waals surface area contributed by atoms with Gasteiger partial charge in [-0.15, -0.1) is 0 Å². The van der Waals surface area contributed by atoms with Crippen LogP contribution in [0.4, 0.5) is 0 Å². The maximum Gasteiger partial charge on any atom is 0.306 e. The molecular weight excluding hydrogens is 721 g/mol. The molecule has 0 saturated heterocycles. The molecule has 0 bridgehead atoms. The van der Waals surface area contributed by atoms with Gasteiger partial charge < -0.3 is 14.2 Å². The van der Waals surface area contributed by atoms with Crippen LogP contribution < -0.4 is 0 Å². The molecule has 0 amide bonds. The van der Waals surface area contributed by atoms with Crippen molar-refractivity contribution in [3.8, 4) is 0 Å². The van der Waals surface area contributed by atoms with Crippen molar-refractivity contribution in [2.45, 2.75) is 291 Å². The van der Waals surface area contributed by atoms with E-state index in [9.17, 15) is 14.4 Å². The van der Waals surface area contributed by atoms with Gasteiger partial charge in [-0.1, -0.05) is 247 Å². The number of unbranched alkanes of at least 4 members (excludes halogenated alkanes) is 30. The molecule has 0 radical (unpaired) electrons. The van der Waals surface area contributed by atoms with E-state index in [-0.39, 0.29) is 31.1 Å². The van der Waals surface area contributed by atoms with Gasteiger partial charge in [0.15, 0.2) is 6.10 Å². The Balaban J connectivity index is 4.32. The highest BCUT2D eigenvalue weighted by Gasteiger charge is 2.19. The van der Waals surface area contributed by atoms with Gasteiger partial charge in [-0.2, -0.15) is 0 Å². The second-order valence-electron chi connectivity index (χ2n) is 18.5. The van der Waals surface area contributed by atoms with E-state index in [1.165, 1.54) is 173 Å². The average molecular weight is 821 g/mol. The fraction of sp³-hybridized carbons (Fsp3) is 0.942. The number of ether oxygens (including phenoxy) is 3. The molecule has 6 heteroatoms. The highest BCUT2D eigenvalue weighted by Crippen LogP contribution is 2.18. The summed E-state index contributed by atoms with van der Waals surface area (Å²) in [5, 5.41) is 0. The lowest BCUT2D eigenvalue weighted by molar-refractivity contribution is -0.167.